The third kappa shape index (κ3) is 1.16. The third-order valence-electron chi connectivity index (χ3n) is 2.05. The van der Waals surface area contributed by atoms with Gasteiger partial charge in [-0.25, -0.2) is 0 Å². The molecular formula is C10H9NO. The molecule has 1 aliphatic rings. The van der Waals surface area contributed by atoms with E-state index in [1.807, 2.05) is 24.3 Å². The Kier molecular flexibility index (Phi) is 1.74. The van der Waals surface area contributed by atoms with Crippen LogP contribution in [0.1, 0.15) is 11.1 Å². The predicted molar refractivity (Wildman–Crippen MR) is 47.6 cm³/mol. The van der Waals surface area contributed by atoms with Crippen LogP contribution in [0.2, 0.25) is 0 Å². The number of rotatable bonds is 1. The van der Waals surface area contributed by atoms with Crippen molar-refractivity contribution in [2.24, 2.45) is 4.99 Å². The average molecular weight is 159 g/mol. The van der Waals surface area contributed by atoms with Crippen molar-refractivity contribution in [3.8, 4) is 0 Å². The van der Waals surface area contributed by atoms with E-state index < -0.39 is 0 Å². The number of carbonyl (C=O) groups is 1. The van der Waals surface area contributed by atoms with Crippen LogP contribution in [-0.2, 0) is 11.2 Å². The van der Waals surface area contributed by atoms with Crippen LogP contribution in [0.5, 0.6) is 0 Å². The molecule has 0 amide bonds. The molecule has 0 fully saturated rings. The van der Waals surface area contributed by atoms with Crippen LogP contribution in [0.4, 0.5) is 0 Å². The molecule has 0 N–H and O–H groups in total. The minimum absolute atomic E-state index is 0.167. The number of aldehydes is 1. The standard InChI is InChI=1S/C10H9NO/c12-7-10-5-8-3-1-2-4-9(8)6-11-10/h1-4,6-7,10H,5H2/t10-/m1/s1. The first-order valence-corrected chi connectivity index (χ1v) is 3.96. The van der Waals surface area contributed by atoms with E-state index in [1.165, 1.54) is 5.56 Å². The van der Waals surface area contributed by atoms with Crippen molar-refractivity contribution in [1.82, 2.24) is 0 Å². The van der Waals surface area contributed by atoms with Gasteiger partial charge in [-0.2, -0.15) is 0 Å². The SMILES string of the molecule is O=C[C@H]1Cc2ccccc2C=N1. The highest BCUT2D eigenvalue weighted by molar-refractivity contribution is 5.85. The average Bonchev–Trinajstić information content (AvgIpc) is 2.17. The first-order valence-electron chi connectivity index (χ1n) is 3.96. The van der Waals surface area contributed by atoms with Crippen molar-refractivity contribution in [1.29, 1.82) is 0 Å². The zero-order chi connectivity index (χ0) is 8.39. The Labute approximate surface area is 70.9 Å². The van der Waals surface area contributed by atoms with E-state index in [4.69, 9.17) is 0 Å². The van der Waals surface area contributed by atoms with Gasteiger partial charge in [0.15, 0.2) is 0 Å². The van der Waals surface area contributed by atoms with E-state index >= 15 is 0 Å². The topological polar surface area (TPSA) is 29.4 Å². The molecule has 0 bridgehead atoms. The molecule has 2 nitrogen and oxygen atoms in total. The summed E-state index contributed by atoms with van der Waals surface area (Å²) < 4.78 is 0. The molecule has 1 aromatic carbocycles. The summed E-state index contributed by atoms with van der Waals surface area (Å²) in [7, 11) is 0. The Morgan fingerprint density at radius 2 is 2.25 bits per heavy atom. The maximum absolute atomic E-state index is 10.5. The van der Waals surface area contributed by atoms with Crippen molar-refractivity contribution in [2.45, 2.75) is 12.5 Å². The Morgan fingerprint density at radius 1 is 1.42 bits per heavy atom. The van der Waals surface area contributed by atoms with Crippen LogP contribution in [0.3, 0.4) is 0 Å². The maximum atomic E-state index is 10.5. The summed E-state index contributed by atoms with van der Waals surface area (Å²) >= 11 is 0. The van der Waals surface area contributed by atoms with Crippen LogP contribution in [0.15, 0.2) is 29.3 Å². The van der Waals surface area contributed by atoms with Gasteiger partial charge in [0, 0.05) is 12.6 Å². The van der Waals surface area contributed by atoms with Gasteiger partial charge >= 0.3 is 0 Å². The summed E-state index contributed by atoms with van der Waals surface area (Å²) in [6.45, 7) is 0. The molecule has 2 rings (SSSR count). The molecule has 1 aromatic rings. The lowest BCUT2D eigenvalue weighted by atomic mass is 9.99. The van der Waals surface area contributed by atoms with Gasteiger partial charge in [-0.05, 0) is 11.1 Å². The predicted octanol–water partition coefficient (Wildman–Crippen LogP) is 1.23. The second-order valence-electron chi connectivity index (χ2n) is 2.88. The summed E-state index contributed by atoms with van der Waals surface area (Å²) in [5.41, 5.74) is 2.35. The quantitative estimate of drug-likeness (QED) is 0.567. The van der Waals surface area contributed by atoms with Gasteiger partial charge in [0.2, 0.25) is 0 Å². The fourth-order valence-corrected chi connectivity index (χ4v) is 1.38. The number of fused-ring (bicyclic) bond motifs is 1. The Bertz CT molecular complexity index is 330. The summed E-state index contributed by atoms with van der Waals surface area (Å²) in [5, 5.41) is 0. The second-order valence-corrected chi connectivity index (χ2v) is 2.88. The molecule has 1 heterocycles. The van der Waals surface area contributed by atoms with E-state index in [0.717, 1.165) is 18.3 Å². The highest BCUT2D eigenvalue weighted by Crippen LogP contribution is 2.14. The van der Waals surface area contributed by atoms with Gasteiger partial charge in [-0.15, -0.1) is 0 Å². The molecule has 60 valence electrons. The zero-order valence-electron chi connectivity index (χ0n) is 6.60. The minimum Gasteiger partial charge on any atom is -0.301 e. The minimum atomic E-state index is -0.167. The van der Waals surface area contributed by atoms with Gasteiger partial charge in [0.25, 0.3) is 0 Å². The van der Waals surface area contributed by atoms with Crippen LogP contribution < -0.4 is 0 Å². The van der Waals surface area contributed by atoms with E-state index in [9.17, 15) is 4.79 Å². The number of carbonyl (C=O) groups excluding carboxylic acids is 1. The molecule has 0 aliphatic carbocycles. The zero-order valence-corrected chi connectivity index (χ0v) is 6.60. The molecule has 1 aliphatic heterocycles. The molecule has 12 heavy (non-hydrogen) atoms. The highest BCUT2D eigenvalue weighted by atomic mass is 16.1. The largest absolute Gasteiger partial charge is 0.301 e. The van der Waals surface area contributed by atoms with Crippen LogP contribution in [0.25, 0.3) is 0 Å². The lowest BCUT2D eigenvalue weighted by Crippen LogP contribution is -2.16. The fourth-order valence-electron chi connectivity index (χ4n) is 1.38. The lowest BCUT2D eigenvalue weighted by molar-refractivity contribution is -0.108. The number of hydrogen-bond acceptors (Lipinski definition) is 2. The van der Waals surface area contributed by atoms with Crippen LogP contribution >= 0.6 is 0 Å². The number of nitrogens with zero attached hydrogens (tertiary/aromatic N) is 1. The van der Waals surface area contributed by atoms with E-state index in [0.29, 0.717) is 0 Å². The maximum Gasteiger partial charge on any atom is 0.144 e. The summed E-state index contributed by atoms with van der Waals surface area (Å²) in [6, 6.07) is 7.85. The third-order valence-corrected chi connectivity index (χ3v) is 2.05. The van der Waals surface area contributed by atoms with E-state index in [-0.39, 0.29) is 6.04 Å². The number of hydrogen-bond donors (Lipinski definition) is 0. The van der Waals surface area contributed by atoms with Crippen molar-refractivity contribution >= 4 is 12.5 Å². The van der Waals surface area contributed by atoms with Crippen LogP contribution in [-0.4, -0.2) is 18.5 Å². The molecule has 1 atom stereocenters. The van der Waals surface area contributed by atoms with Crippen molar-refractivity contribution < 1.29 is 4.79 Å². The molecule has 0 saturated carbocycles. The smallest absolute Gasteiger partial charge is 0.144 e. The van der Waals surface area contributed by atoms with E-state index in [1.54, 1.807) is 6.21 Å². The second kappa shape index (κ2) is 2.89. The number of aliphatic imine (C=N–C) groups is 1. The Morgan fingerprint density at radius 3 is 3.08 bits per heavy atom. The fraction of sp³-hybridized carbons (Fsp3) is 0.200. The van der Waals surface area contributed by atoms with Gasteiger partial charge < -0.3 is 4.79 Å². The summed E-state index contributed by atoms with van der Waals surface area (Å²) in [5.74, 6) is 0. The molecule has 0 spiro atoms. The number of benzene rings is 1. The summed E-state index contributed by atoms with van der Waals surface area (Å²) in [6.07, 6.45) is 3.42. The molecule has 0 unspecified atom stereocenters. The Hall–Kier alpha value is -1.44. The van der Waals surface area contributed by atoms with Gasteiger partial charge in [-0.3, -0.25) is 4.99 Å². The van der Waals surface area contributed by atoms with Gasteiger partial charge in [-0.1, -0.05) is 24.3 Å². The van der Waals surface area contributed by atoms with Gasteiger partial charge in [0.1, 0.15) is 12.3 Å². The molecule has 0 saturated heterocycles. The highest BCUT2D eigenvalue weighted by Gasteiger charge is 2.12. The normalized spacial score (nSPS) is 20.2. The van der Waals surface area contributed by atoms with Crippen molar-refractivity contribution in [3.05, 3.63) is 35.4 Å². The Balaban J connectivity index is 2.39. The summed E-state index contributed by atoms with van der Waals surface area (Å²) in [4.78, 5) is 14.6. The van der Waals surface area contributed by atoms with Crippen molar-refractivity contribution in [2.75, 3.05) is 0 Å². The first kappa shape index (κ1) is 7.22. The molecule has 0 aromatic heterocycles. The van der Waals surface area contributed by atoms with Gasteiger partial charge in [0.05, 0.1) is 0 Å². The van der Waals surface area contributed by atoms with E-state index in [2.05, 4.69) is 4.99 Å². The molecule has 2 heteroatoms. The lowest BCUT2D eigenvalue weighted by Gasteiger charge is -2.13. The van der Waals surface area contributed by atoms with Crippen LogP contribution in [0, 0.1) is 0 Å². The van der Waals surface area contributed by atoms with Crippen molar-refractivity contribution in [3.63, 3.8) is 0 Å². The first-order chi connectivity index (χ1) is 5.90. The molecular weight excluding hydrogens is 150 g/mol. The molecule has 0 radical (unpaired) electrons. The monoisotopic (exact) mass is 159 g/mol.